The lowest BCUT2D eigenvalue weighted by atomic mass is 9.83. The van der Waals surface area contributed by atoms with Crippen LogP contribution in [0.4, 0.5) is 0 Å². The van der Waals surface area contributed by atoms with Gasteiger partial charge >= 0.3 is 0 Å². The van der Waals surface area contributed by atoms with Gasteiger partial charge in [-0.1, -0.05) is 67.2 Å². The van der Waals surface area contributed by atoms with Crippen LogP contribution in [-0.4, -0.2) is 0 Å². The Bertz CT molecular complexity index is 307. The average Bonchev–Trinajstić information content (AvgIpc) is 2.13. The van der Waals surface area contributed by atoms with Crippen molar-refractivity contribution in [2.45, 2.75) is 55.4 Å². The van der Waals surface area contributed by atoms with Gasteiger partial charge < -0.3 is 4.74 Å². The first-order valence-electron chi connectivity index (χ1n) is 6.22. The third-order valence-corrected chi connectivity index (χ3v) is 3.25. The van der Waals surface area contributed by atoms with Crippen LogP contribution in [-0.2, 0) is 4.74 Å². The van der Waals surface area contributed by atoms with Crippen molar-refractivity contribution in [2.75, 3.05) is 0 Å². The van der Waals surface area contributed by atoms with Crippen LogP contribution in [0.5, 0.6) is 0 Å². The summed E-state index contributed by atoms with van der Waals surface area (Å²) in [5.41, 5.74) is 0.366. The molecular formula is C16H26O. The van der Waals surface area contributed by atoms with Gasteiger partial charge in [-0.05, 0) is 10.8 Å². The van der Waals surface area contributed by atoms with E-state index in [1.165, 1.54) is 0 Å². The standard InChI is InChI=1S/C16H26O/c1-13(15(3,4)5)9-11-17-12-10-14(2)16(6,7)8/h13-14H,1-8H3. The molecule has 0 heterocycles. The monoisotopic (exact) mass is 234 g/mol. The van der Waals surface area contributed by atoms with Crippen LogP contribution >= 0.6 is 0 Å². The Morgan fingerprint density at radius 3 is 1.24 bits per heavy atom. The molecule has 0 radical (unpaired) electrons. The van der Waals surface area contributed by atoms with Gasteiger partial charge in [-0.3, -0.25) is 0 Å². The van der Waals surface area contributed by atoms with Crippen LogP contribution in [0, 0.1) is 46.7 Å². The highest BCUT2D eigenvalue weighted by atomic mass is 16.5. The zero-order valence-corrected chi connectivity index (χ0v) is 12.6. The van der Waals surface area contributed by atoms with Gasteiger partial charge in [0.15, 0.2) is 0 Å². The SMILES string of the molecule is CC(C#COC#CC(C)C(C)(C)C)C(C)(C)C. The van der Waals surface area contributed by atoms with Gasteiger partial charge in [0, 0.05) is 11.8 Å². The fourth-order valence-corrected chi connectivity index (χ4v) is 0.694. The number of rotatable bonds is 0. The summed E-state index contributed by atoms with van der Waals surface area (Å²) in [4.78, 5) is 0. The van der Waals surface area contributed by atoms with Gasteiger partial charge in [-0.15, -0.1) is 0 Å². The third kappa shape index (κ3) is 6.96. The highest BCUT2D eigenvalue weighted by molar-refractivity contribution is 5.06. The van der Waals surface area contributed by atoms with Crippen molar-refractivity contribution in [3.63, 3.8) is 0 Å². The minimum absolute atomic E-state index is 0.183. The number of ether oxygens (including phenoxy) is 1. The summed E-state index contributed by atoms with van der Waals surface area (Å²) in [6.07, 6.45) is 5.35. The van der Waals surface area contributed by atoms with Crippen molar-refractivity contribution in [2.24, 2.45) is 22.7 Å². The van der Waals surface area contributed by atoms with Crippen LogP contribution in [0.2, 0.25) is 0 Å². The molecule has 0 fully saturated rings. The fourth-order valence-electron chi connectivity index (χ4n) is 0.694. The van der Waals surface area contributed by atoms with E-state index in [2.05, 4.69) is 79.4 Å². The fraction of sp³-hybridized carbons (Fsp3) is 0.750. The number of hydrogen-bond donors (Lipinski definition) is 0. The summed E-state index contributed by atoms with van der Waals surface area (Å²) < 4.78 is 5.04. The lowest BCUT2D eigenvalue weighted by Gasteiger charge is -2.21. The van der Waals surface area contributed by atoms with Crippen molar-refractivity contribution in [3.05, 3.63) is 0 Å². The molecule has 0 bridgehead atoms. The highest BCUT2D eigenvalue weighted by Gasteiger charge is 2.18. The summed E-state index contributed by atoms with van der Waals surface area (Å²) in [5.74, 6) is 6.71. The van der Waals surface area contributed by atoms with Gasteiger partial charge in [-0.2, -0.15) is 0 Å². The molecular weight excluding hydrogens is 208 g/mol. The molecule has 2 unspecified atom stereocenters. The molecule has 0 aliphatic carbocycles. The second-order valence-electron chi connectivity index (χ2n) is 6.77. The van der Waals surface area contributed by atoms with Gasteiger partial charge in [0.1, 0.15) is 12.2 Å². The molecule has 0 aromatic rings. The molecule has 0 N–H and O–H groups in total. The van der Waals surface area contributed by atoms with Crippen LogP contribution < -0.4 is 0 Å². The second kappa shape index (κ2) is 6.02. The summed E-state index contributed by atoms with van der Waals surface area (Å²) >= 11 is 0. The maximum absolute atomic E-state index is 5.04. The van der Waals surface area contributed by atoms with Crippen LogP contribution in [0.1, 0.15) is 55.4 Å². The molecule has 0 aliphatic heterocycles. The molecule has 0 saturated carbocycles. The van der Waals surface area contributed by atoms with Gasteiger partial charge in [0.25, 0.3) is 0 Å². The van der Waals surface area contributed by atoms with Gasteiger partial charge in [-0.25, -0.2) is 0 Å². The predicted molar refractivity (Wildman–Crippen MR) is 73.9 cm³/mol. The van der Waals surface area contributed by atoms with Gasteiger partial charge in [0.05, 0.1) is 0 Å². The largest absolute Gasteiger partial charge is 0.357 e. The van der Waals surface area contributed by atoms with E-state index in [-0.39, 0.29) is 10.8 Å². The third-order valence-electron chi connectivity index (χ3n) is 3.25. The molecule has 0 aliphatic rings. The molecule has 0 aromatic heterocycles. The minimum Gasteiger partial charge on any atom is -0.357 e. The lowest BCUT2D eigenvalue weighted by Crippen LogP contribution is -2.15. The second-order valence-corrected chi connectivity index (χ2v) is 6.77. The maximum Gasteiger partial charge on any atom is 0.130 e. The first-order valence-corrected chi connectivity index (χ1v) is 6.22. The van der Waals surface area contributed by atoms with E-state index in [1.54, 1.807) is 0 Å². The molecule has 17 heavy (non-hydrogen) atoms. The van der Waals surface area contributed by atoms with Crippen LogP contribution in [0.15, 0.2) is 0 Å². The molecule has 96 valence electrons. The molecule has 0 saturated heterocycles. The topological polar surface area (TPSA) is 9.23 Å². The first-order chi connectivity index (χ1) is 7.55. The van der Waals surface area contributed by atoms with Crippen LogP contribution in [0.25, 0.3) is 0 Å². The molecule has 0 spiro atoms. The average molecular weight is 234 g/mol. The van der Waals surface area contributed by atoms with Crippen molar-refractivity contribution < 1.29 is 4.74 Å². The molecule has 1 heteroatoms. The Kier molecular flexibility index (Phi) is 5.63. The Hall–Kier alpha value is -1.08. The summed E-state index contributed by atoms with van der Waals surface area (Å²) in [6.45, 7) is 17.2. The van der Waals surface area contributed by atoms with Crippen molar-refractivity contribution in [3.8, 4) is 24.1 Å². The lowest BCUT2D eigenvalue weighted by molar-refractivity contribution is 0.319. The van der Waals surface area contributed by atoms with Gasteiger partial charge in [0.2, 0.25) is 0 Å². The molecule has 1 nitrogen and oxygen atoms in total. The Balaban J connectivity index is 4.27. The normalized spacial score (nSPS) is 14.8. The van der Waals surface area contributed by atoms with E-state index < -0.39 is 0 Å². The molecule has 0 aromatic carbocycles. The zero-order chi connectivity index (χ0) is 13.7. The summed E-state index contributed by atoms with van der Waals surface area (Å²) in [5, 5.41) is 0. The van der Waals surface area contributed by atoms with E-state index in [4.69, 9.17) is 4.74 Å². The van der Waals surface area contributed by atoms with E-state index >= 15 is 0 Å². The van der Waals surface area contributed by atoms with E-state index in [1.807, 2.05) is 0 Å². The summed E-state index contributed by atoms with van der Waals surface area (Å²) in [6, 6.07) is 0. The van der Waals surface area contributed by atoms with Crippen molar-refractivity contribution >= 4 is 0 Å². The molecule has 2 atom stereocenters. The predicted octanol–water partition coefficient (Wildman–Crippen LogP) is 4.29. The van der Waals surface area contributed by atoms with Crippen molar-refractivity contribution in [1.82, 2.24) is 0 Å². The Morgan fingerprint density at radius 1 is 0.706 bits per heavy atom. The molecule has 0 rings (SSSR count). The van der Waals surface area contributed by atoms with Crippen LogP contribution in [0.3, 0.4) is 0 Å². The summed E-state index contributed by atoms with van der Waals surface area (Å²) in [7, 11) is 0. The minimum atomic E-state index is 0.183. The number of hydrogen-bond acceptors (Lipinski definition) is 1. The Labute approximate surface area is 107 Å². The quantitative estimate of drug-likeness (QED) is 0.568. The maximum atomic E-state index is 5.04. The van der Waals surface area contributed by atoms with Crippen molar-refractivity contribution in [1.29, 1.82) is 0 Å². The highest BCUT2D eigenvalue weighted by Crippen LogP contribution is 2.24. The van der Waals surface area contributed by atoms with E-state index in [9.17, 15) is 0 Å². The molecule has 0 amide bonds. The Morgan fingerprint density at radius 2 is 1.00 bits per heavy atom. The smallest absolute Gasteiger partial charge is 0.130 e. The zero-order valence-electron chi connectivity index (χ0n) is 12.6. The van der Waals surface area contributed by atoms with E-state index in [0.717, 1.165) is 0 Å². The first kappa shape index (κ1) is 15.9. The van der Waals surface area contributed by atoms with E-state index in [0.29, 0.717) is 11.8 Å².